The summed E-state index contributed by atoms with van der Waals surface area (Å²) in [6.45, 7) is 3.58. The fraction of sp³-hybridized carbons (Fsp3) is 0.207. The molecule has 0 aliphatic carbocycles. The minimum atomic E-state index is -3.49. The van der Waals surface area contributed by atoms with Gasteiger partial charge in [0.15, 0.2) is 15.7 Å². The smallest absolute Gasteiger partial charge is 0.253 e. The van der Waals surface area contributed by atoms with Gasteiger partial charge in [-0.2, -0.15) is 0 Å². The van der Waals surface area contributed by atoms with Gasteiger partial charge in [0.05, 0.1) is 58.2 Å². The number of amides is 2. The molecule has 43 heavy (non-hydrogen) atoms. The van der Waals surface area contributed by atoms with Gasteiger partial charge in [0.2, 0.25) is 5.91 Å². The van der Waals surface area contributed by atoms with Crippen LogP contribution in [-0.4, -0.2) is 62.5 Å². The van der Waals surface area contributed by atoms with Crippen molar-refractivity contribution >= 4 is 44.2 Å². The summed E-state index contributed by atoms with van der Waals surface area (Å²) in [6.07, 6.45) is 7.01. The van der Waals surface area contributed by atoms with E-state index in [-0.39, 0.29) is 22.9 Å². The van der Waals surface area contributed by atoms with Gasteiger partial charge in [-0.05, 0) is 36.4 Å². The average molecular weight is 598 g/mol. The van der Waals surface area contributed by atoms with E-state index in [2.05, 4.69) is 30.5 Å². The number of nitrogens with one attached hydrogen (secondary N) is 2. The van der Waals surface area contributed by atoms with E-state index in [1.54, 1.807) is 18.6 Å². The van der Waals surface area contributed by atoms with Gasteiger partial charge >= 0.3 is 0 Å². The van der Waals surface area contributed by atoms with Crippen molar-refractivity contribution in [3.8, 4) is 11.4 Å². The summed E-state index contributed by atoms with van der Waals surface area (Å²) in [5.74, 6) is 0.712. The van der Waals surface area contributed by atoms with Crippen LogP contribution < -0.4 is 15.5 Å². The Balaban J connectivity index is 1.19. The molecule has 0 bridgehead atoms. The Kier molecular flexibility index (Phi) is 7.27. The van der Waals surface area contributed by atoms with Crippen molar-refractivity contribution < 1.29 is 18.0 Å². The van der Waals surface area contributed by atoms with E-state index in [1.165, 1.54) is 25.4 Å². The van der Waals surface area contributed by atoms with Crippen molar-refractivity contribution in [3.63, 3.8) is 0 Å². The Morgan fingerprint density at radius 2 is 1.81 bits per heavy atom. The van der Waals surface area contributed by atoms with Crippen molar-refractivity contribution in [1.29, 1.82) is 0 Å². The molecular formula is C29H27N9O4S. The molecule has 0 aromatic carbocycles. The molecule has 0 atom stereocenters. The summed E-state index contributed by atoms with van der Waals surface area (Å²) in [6, 6.07) is 12.7. The number of imidazole rings is 1. The molecule has 0 radical (unpaired) electrons. The molecule has 0 saturated carbocycles. The molecule has 6 rings (SSSR count). The van der Waals surface area contributed by atoms with E-state index in [0.29, 0.717) is 41.5 Å². The summed E-state index contributed by atoms with van der Waals surface area (Å²) >= 11 is 0. The van der Waals surface area contributed by atoms with Gasteiger partial charge in [-0.15, -0.1) is 0 Å². The third-order valence-electron chi connectivity index (χ3n) is 6.98. The minimum Gasteiger partial charge on any atom is -0.349 e. The fourth-order valence-corrected chi connectivity index (χ4v) is 5.37. The van der Waals surface area contributed by atoms with Gasteiger partial charge in [0.1, 0.15) is 5.82 Å². The van der Waals surface area contributed by atoms with Crippen molar-refractivity contribution in [2.24, 2.45) is 0 Å². The molecule has 2 N–H and O–H groups in total. The molecule has 1 aliphatic heterocycles. The average Bonchev–Trinajstić information content (AvgIpc) is 3.40. The number of nitrogens with zero attached hydrogens (tertiary/aromatic N) is 7. The molecule has 13 nitrogen and oxygen atoms in total. The predicted octanol–water partition coefficient (Wildman–Crippen LogP) is 2.60. The Bertz CT molecular complexity index is 1990. The van der Waals surface area contributed by atoms with Crippen LogP contribution in [0.3, 0.4) is 0 Å². The highest BCUT2D eigenvalue weighted by Crippen LogP contribution is 2.27. The van der Waals surface area contributed by atoms with Gasteiger partial charge in [-0.3, -0.25) is 19.6 Å². The lowest BCUT2D eigenvalue weighted by atomic mass is 10.2. The van der Waals surface area contributed by atoms with E-state index in [1.807, 2.05) is 34.9 Å². The molecule has 2 amide bonds. The Morgan fingerprint density at radius 1 is 0.977 bits per heavy atom. The minimum absolute atomic E-state index is 0.0278. The number of aromatic nitrogens is 6. The molecule has 0 unspecified atom stereocenters. The zero-order chi connectivity index (χ0) is 30.1. The van der Waals surface area contributed by atoms with Crippen LogP contribution >= 0.6 is 0 Å². The third kappa shape index (κ3) is 6.04. The van der Waals surface area contributed by atoms with Crippen molar-refractivity contribution in [2.45, 2.75) is 31.5 Å². The van der Waals surface area contributed by atoms with E-state index in [4.69, 9.17) is 9.97 Å². The monoisotopic (exact) mass is 597 g/mol. The zero-order valence-corrected chi connectivity index (χ0v) is 24.2. The number of carbonyl (C=O) groups is 2. The first-order valence-electron chi connectivity index (χ1n) is 13.4. The molecule has 0 fully saturated rings. The molecule has 1 aliphatic rings. The normalized spacial score (nSPS) is 13.0. The Morgan fingerprint density at radius 3 is 2.63 bits per heavy atom. The van der Waals surface area contributed by atoms with E-state index < -0.39 is 15.7 Å². The maximum Gasteiger partial charge on any atom is 0.253 e. The summed E-state index contributed by atoms with van der Waals surface area (Å²) in [7, 11) is -3.49. The van der Waals surface area contributed by atoms with Gasteiger partial charge in [-0.1, -0.05) is 6.07 Å². The zero-order valence-electron chi connectivity index (χ0n) is 23.4. The van der Waals surface area contributed by atoms with Crippen LogP contribution in [0.15, 0.2) is 72.3 Å². The first-order chi connectivity index (χ1) is 20.6. The predicted molar refractivity (Wildman–Crippen MR) is 159 cm³/mol. The number of pyridine rings is 4. The Hall–Kier alpha value is -5.24. The molecule has 14 heteroatoms. The summed E-state index contributed by atoms with van der Waals surface area (Å²) in [4.78, 5) is 48.7. The number of hydrogen-bond acceptors (Lipinski definition) is 10. The second-order valence-electron chi connectivity index (χ2n) is 10.1. The fourth-order valence-electron chi connectivity index (χ4n) is 4.78. The number of sulfone groups is 1. The first-order valence-corrected chi connectivity index (χ1v) is 15.3. The van der Waals surface area contributed by atoms with Gasteiger partial charge in [-0.25, -0.2) is 23.4 Å². The number of hydrogen-bond donors (Lipinski definition) is 2. The van der Waals surface area contributed by atoms with Crippen LogP contribution in [0.1, 0.15) is 28.7 Å². The van der Waals surface area contributed by atoms with Gasteiger partial charge < -0.3 is 20.1 Å². The highest BCUT2D eigenvalue weighted by molar-refractivity contribution is 7.90. The molecule has 6 heterocycles. The lowest BCUT2D eigenvalue weighted by Gasteiger charge is -2.29. The third-order valence-corrected chi connectivity index (χ3v) is 8.06. The van der Waals surface area contributed by atoms with E-state index in [9.17, 15) is 18.0 Å². The standard InChI is InChI=1S/C29H27N9O4S/c1-18(39)34-28-26-16-37(8-9-38(26)17-33-28)27-5-3-4-23(36-27)24-7-6-19-13-31-21(11-25(19)35-24)14-32-29(40)20-10-22(15-30-12-20)43(2,41)42/h3-7,10-13,15,17H,8-9,14,16H2,1-2H3,(H,32,40)(H,34,39). The van der Waals surface area contributed by atoms with Gasteiger partial charge in [0, 0.05) is 50.2 Å². The topological polar surface area (TPSA) is 165 Å². The maximum absolute atomic E-state index is 12.7. The molecule has 0 spiro atoms. The first kappa shape index (κ1) is 27.9. The van der Waals surface area contributed by atoms with Crippen molar-refractivity contribution in [2.75, 3.05) is 23.0 Å². The van der Waals surface area contributed by atoms with Crippen molar-refractivity contribution in [3.05, 3.63) is 84.3 Å². The molecule has 5 aromatic rings. The molecule has 5 aromatic heterocycles. The molecule has 218 valence electrons. The number of fused-ring (bicyclic) bond motifs is 2. The molecular weight excluding hydrogens is 570 g/mol. The lowest BCUT2D eigenvalue weighted by Crippen LogP contribution is -2.34. The highest BCUT2D eigenvalue weighted by atomic mass is 32.2. The number of carbonyl (C=O) groups excluding carboxylic acids is 2. The van der Waals surface area contributed by atoms with Crippen LogP contribution in [0.2, 0.25) is 0 Å². The lowest BCUT2D eigenvalue weighted by molar-refractivity contribution is -0.114. The van der Waals surface area contributed by atoms with Crippen LogP contribution in [-0.2, 0) is 34.3 Å². The van der Waals surface area contributed by atoms with Gasteiger partial charge in [0.25, 0.3) is 5.91 Å². The highest BCUT2D eigenvalue weighted by Gasteiger charge is 2.22. The van der Waals surface area contributed by atoms with E-state index in [0.717, 1.165) is 29.7 Å². The summed E-state index contributed by atoms with van der Waals surface area (Å²) in [5, 5.41) is 6.38. The Labute approximate surface area is 247 Å². The van der Waals surface area contributed by atoms with Crippen LogP contribution in [0.4, 0.5) is 11.6 Å². The summed E-state index contributed by atoms with van der Waals surface area (Å²) in [5.41, 5.74) is 3.71. The summed E-state index contributed by atoms with van der Waals surface area (Å²) < 4.78 is 25.7. The second kappa shape index (κ2) is 11.2. The van der Waals surface area contributed by atoms with Crippen molar-refractivity contribution in [1.82, 2.24) is 34.8 Å². The largest absolute Gasteiger partial charge is 0.349 e. The molecule has 0 saturated heterocycles. The quantitative estimate of drug-likeness (QED) is 0.285. The second-order valence-corrected chi connectivity index (χ2v) is 12.2. The number of anilines is 2. The maximum atomic E-state index is 12.7. The van der Waals surface area contributed by atoms with Crippen LogP contribution in [0.5, 0.6) is 0 Å². The van der Waals surface area contributed by atoms with Crippen LogP contribution in [0, 0.1) is 0 Å². The SMILES string of the molecule is CC(=O)Nc1ncn2c1CN(c1cccc(-c3ccc4cnc(CNC(=O)c5cncc(S(C)(=O)=O)c5)cc4n3)n1)CC2. The van der Waals surface area contributed by atoms with Crippen LogP contribution in [0.25, 0.3) is 22.3 Å². The van der Waals surface area contributed by atoms with E-state index >= 15 is 0 Å². The number of rotatable bonds is 7.